The van der Waals surface area contributed by atoms with Gasteiger partial charge in [0.25, 0.3) is 0 Å². The van der Waals surface area contributed by atoms with Crippen LogP contribution < -0.4 is 4.74 Å². The summed E-state index contributed by atoms with van der Waals surface area (Å²) in [5.41, 5.74) is 2.28. The zero-order chi connectivity index (χ0) is 10.4. The molecule has 0 fully saturated rings. The number of hydrogen-bond acceptors (Lipinski definition) is 5. The SMILES string of the molecule is COc1ccc(CSS)c(COS)c1. The highest BCUT2D eigenvalue weighted by atomic mass is 33.1. The van der Waals surface area contributed by atoms with Gasteiger partial charge >= 0.3 is 0 Å². The quantitative estimate of drug-likeness (QED) is 0.474. The lowest BCUT2D eigenvalue weighted by Crippen LogP contribution is -1.94. The standard InChI is InChI=1S/C9H12O2S3/c1-10-9-3-2-7(6-14-13)8(4-9)5-11-12/h2-4,12-13H,5-6H2,1H3. The zero-order valence-electron chi connectivity index (χ0n) is 7.77. The van der Waals surface area contributed by atoms with Gasteiger partial charge < -0.3 is 8.92 Å². The van der Waals surface area contributed by atoms with E-state index in [0.29, 0.717) is 6.61 Å². The van der Waals surface area contributed by atoms with Crippen LogP contribution in [0.3, 0.4) is 0 Å². The van der Waals surface area contributed by atoms with Gasteiger partial charge in [0, 0.05) is 5.75 Å². The molecule has 1 aromatic carbocycles. The van der Waals surface area contributed by atoms with E-state index in [4.69, 9.17) is 8.92 Å². The van der Waals surface area contributed by atoms with Crippen molar-refractivity contribution in [2.45, 2.75) is 12.4 Å². The van der Waals surface area contributed by atoms with Crippen molar-refractivity contribution in [1.82, 2.24) is 0 Å². The molecule has 2 nitrogen and oxygen atoms in total. The molecule has 0 atom stereocenters. The Bertz CT molecular complexity index is 291. The molecule has 0 aliphatic rings. The zero-order valence-corrected chi connectivity index (χ0v) is 10.4. The average molecular weight is 248 g/mol. The van der Waals surface area contributed by atoms with E-state index >= 15 is 0 Å². The summed E-state index contributed by atoms with van der Waals surface area (Å²) >= 11 is 7.87. The largest absolute Gasteiger partial charge is 0.497 e. The van der Waals surface area contributed by atoms with Crippen molar-refractivity contribution < 1.29 is 8.92 Å². The molecule has 0 aliphatic carbocycles. The second-order valence-corrected chi connectivity index (χ2v) is 4.26. The molecule has 0 bridgehead atoms. The van der Waals surface area contributed by atoms with Gasteiger partial charge in [0.15, 0.2) is 0 Å². The second kappa shape index (κ2) is 6.50. The first kappa shape index (κ1) is 12.1. The number of thiol groups is 2. The van der Waals surface area contributed by atoms with Crippen LogP contribution in [0.4, 0.5) is 0 Å². The topological polar surface area (TPSA) is 18.5 Å². The highest BCUT2D eigenvalue weighted by Crippen LogP contribution is 2.23. The van der Waals surface area contributed by atoms with Crippen LogP contribution in [0.1, 0.15) is 11.1 Å². The summed E-state index contributed by atoms with van der Waals surface area (Å²) in [6.45, 7) is 0.476. The molecule has 0 heterocycles. The smallest absolute Gasteiger partial charge is 0.119 e. The number of hydrogen-bond donors (Lipinski definition) is 2. The van der Waals surface area contributed by atoms with E-state index < -0.39 is 0 Å². The first-order valence-electron chi connectivity index (χ1n) is 4.00. The molecule has 0 saturated carbocycles. The summed E-state index contributed by atoms with van der Waals surface area (Å²) in [6.07, 6.45) is 0. The van der Waals surface area contributed by atoms with Crippen LogP contribution in [-0.2, 0) is 16.5 Å². The van der Waals surface area contributed by atoms with Gasteiger partial charge in [0.1, 0.15) is 5.75 Å². The number of methoxy groups -OCH3 is 1. The van der Waals surface area contributed by atoms with Crippen LogP contribution in [-0.4, -0.2) is 7.11 Å². The van der Waals surface area contributed by atoms with Gasteiger partial charge in [-0.3, -0.25) is 0 Å². The monoisotopic (exact) mass is 248 g/mol. The molecular weight excluding hydrogens is 236 g/mol. The maximum atomic E-state index is 5.13. The third-order valence-electron chi connectivity index (χ3n) is 1.85. The Morgan fingerprint density at radius 2 is 2.14 bits per heavy atom. The summed E-state index contributed by atoms with van der Waals surface area (Å²) in [6, 6.07) is 5.90. The minimum absolute atomic E-state index is 0.476. The normalized spacial score (nSPS) is 10.2. The molecule has 14 heavy (non-hydrogen) atoms. The van der Waals surface area contributed by atoms with Crippen molar-refractivity contribution >= 4 is 35.4 Å². The molecule has 78 valence electrons. The molecule has 0 aromatic heterocycles. The predicted octanol–water partition coefficient (Wildman–Crippen LogP) is 3.13. The van der Waals surface area contributed by atoms with E-state index in [1.54, 1.807) is 7.11 Å². The van der Waals surface area contributed by atoms with Crippen LogP contribution in [0, 0.1) is 0 Å². The van der Waals surface area contributed by atoms with Gasteiger partial charge in [-0.05, 0) is 36.2 Å². The molecular formula is C9H12O2S3. The van der Waals surface area contributed by atoms with E-state index in [2.05, 4.69) is 24.6 Å². The number of benzene rings is 1. The lowest BCUT2D eigenvalue weighted by Gasteiger charge is -2.08. The highest BCUT2D eigenvalue weighted by Gasteiger charge is 2.04. The molecule has 0 radical (unpaired) electrons. The van der Waals surface area contributed by atoms with E-state index in [-0.39, 0.29) is 0 Å². The maximum Gasteiger partial charge on any atom is 0.119 e. The average Bonchev–Trinajstić information content (AvgIpc) is 2.21. The van der Waals surface area contributed by atoms with Gasteiger partial charge in [-0.2, -0.15) is 0 Å². The summed E-state index contributed by atoms with van der Waals surface area (Å²) in [5, 5.41) is 0. The minimum atomic E-state index is 0.476. The van der Waals surface area contributed by atoms with Crippen molar-refractivity contribution in [1.29, 1.82) is 0 Å². The first-order valence-corrected chi connectivity index (χ1v) is 6.40. The first-order chi connectivity index (χ1) is 6.81. The van der Waals surface area contributed by atoms with Gasteiger partial charge in [0.05, 0.1) is 13.7 Å². The maximum absolute atomic E-state index is 5.13. The molecule has 0 aliphatic heterocycles. The Morgan fingerprint density at radius 1 is 1.36 bits per heavy atom. The van der Waals surface area contributed by atoms with E-state index in [0.717, 1.165) is 17.1 Å². The number of ether oxygens (including phenoxy) is 1. The number of rotatable bonds is 5. The fourth-order valence-corrected chi connectivity index (χ4v) is 2.12. The Kier molecular flexibility index (Phi) is 5.62. The molecule has 1 aromatic rings. The summed E-state index contributed by atoms with van der Waals surface area (Å²) in [5.74, 6) is 1.68. The molecule has 0 unspecified atom stereocenters. The fraction of sp³-hybridized carbons (Fsp3) is 0.333. The van der Waals surface area contributed by atoms with Crippen molar-refractivity contribution in [3.8, 4) is 5.75 Å². The molecule has 0 amide bonds. The Morgan fingerprint density at radius 3 is 2.71 bits per heavy atom. The van der Waals surface area contributed by atoms with Crippen molar-refractivity contribution in [2.75, 3.05) is 7.11 Å². The van der Waals surface area contributed by atoms with Crippen molar-refractivity contribution in [3.63, 3.8) is 0 Å². The van der Waals surface area contributed by atoms with Crippen LogP contribution in [0.15, 0.2) is 18.2 Å². The lowest BCUT2D eigenvalue weighted by atomic mass is 10.1. The van der Waals surface area contributed by atoms with Crippen LogP contribution in [0.25, 0.3) is 0 Å². The Hall–Kier alpha value is 0.0300. The van der Waals surface area contributed by atoms with Gasteiger partial charge in [0.2, 0.25) is 0 Å². The molecule has 0 N–H and O–H groups in total. The fourth-order valence-electron chi connectivity index (χ4n) is 1.14. The van der Waals surface area contributed by atoms with Gasteiger partial charge in [-0.1, -0.05) is 16.9 Å². The summed E-state index contributed by atoms with van der Waals surface area (Å²) in [7, 11) is 3.13. The third kappa shape index (κ3) is 3.31. The van der Waals surface area contributed by atoms with Gasteiger partial charge in [-0.15, -0.1) is 11.7 Å². The highest BCUT2D eigenvalue weighted by molar-refractivity contribution is 8.68. The lowest BCUT2D eigenvalue weighted by molar-refractivity contribution is 0.367. The Labute approximate surface area is 98.8 Å². The molecule has 0 saturated heterocycles. The van der Waals surface area contributed by atoms with E-state index in [1.807, 2.05) is 18.2 Å². The molecule has 0 spiro atoms. The second-order valence-electron chi connectivity index (χ2n) is 2.68. The molecule has 5 heteroatoms. The van der Waals surface area contributed by atoms with E-state index in [9.17, 15) is 0 Å². The third-order valence-corrected chi connectivity index (χ3v) is 2.81. The Balaban J connectivity index is 2.91. The van der Waals surface area contributed by atoms with Crippen molar-refractivity contribution in [3.05, 3.63) is 29.3 Å². The summed E-state index contributed by atoms with van der Waals surface area (Å²) in [4.78, 5) is 0. The van der Waals surface area contributed by atoms with Gasteiger partial charge in [-0.25, -0.2) is 0 Å². The summed E-state index contributed by atoms with van der Waals surface area (Å²) < 4.78 is 9.95. The minimum Gasteiger partial charge on any atom is -0.497 e. The van der Waals surface area contributed by atoms with Crippen LogP contribution >= 0.6 is 35.4 Å². The predicted molar refractivity (Wildman–Crippen MR) is 67.1 cm³/mol. The molecule has 1 rings (SSSR count). The van der Waals surface area contributed by atoms with Crippen molar-refractivity contribution in [2.24, 2.45) is 0 Å². The van der Waals surface area contributed by atoms with Crippen LogP contribution in [0.5, 0.6) is 5.75 Å². The van der Waals surface area contributed by atoms with E-state index in [1.165, 1.54) is 16.4 Å². The van der Waals surface area contributed by atoms with Crippen LogP contribution in [0.2, 0.25) is 0 Å².